The van der Waals surface area contributed by atoms with Crippen molar-refractivity contribution in [2.24, 2.45) is 0 Å². The molecule has 2 rings (SSSR count). The molecule has 1 aromatic carbocycles. The molecular formula is C25H41NO4S. The third-order valence-electron chi connectivity index (χ3n) is 6.74. The Kier molecular flexibility index (Phi) is 9.14. The molecule has 3 atom stereocenters. The number of carbonyl (C=O) groups excluding carboxylic acids is 1. The molecule has 176 valence electrons. The number of rotatable bonds is 10. The number of carbonyl (C=O) groups is 1. The predicted octanol–water partition coefficient (Wildman–Crippen LogP) is 4.80. The van der Waals surface area contributed by atoms with Crippen molar-refractivity contribution >= 4 is 21.3 Å². The van der Waals surface area contributed by atoms with E-state index in [-0.39, 0.29) is 29.0 Å². The molecule has 1 aliphatic heterocycles. The quantitative estimate of drug-likeness (QED) is 0.478. The molecule has 1 unspecified atom stereocenters. The number of anilines is 1. The Morgan fingerprint density at radius 2 is 1.77 bits per heavy atom. The Hall–Kier alpha value is -1.40. The summed E-state index contributed by atoms with van der Waals surface area (Å²) in [4.78, 5) is 15.0. The number of morpholine rings is 1. The molecule has 1 saturated heterocycles. The molecule has 0 bridgehead atoms. The first-order valence-electron chi connectivity index (χ1n) is 11.7. The average Bonchev–Trinajstić information content (AvgIpc) is 2.68. The largest absolute Gasteiger partial charge is 0.372 e. The molecule has 0 aromatic heterocycles. The maximum absolute atomic E-state index is 12.5. The van der Waals surface area contributed by atoms with Crippen LogP contribution in [-0.4, -0.2) is 50.0 Å². The number of sulfone groups is 1. The minimum Gasteiger partial charge on any atom is -0.372 e. The SMILES string of the molecule is Cc1c(CC(=O)CCCCCS(=O)(=O)C(C)C)ccc(N2C[C@H](C)O[C@H](C)C2C)c1C. The van der Waals surface area contributed by atoms with Crippen molar-refractivity contribution in [2.75, 3.05) is 17.2 Å². The average molecular weight is 452 g/mol. The van der Waals surface area contributed by atoms with Crippen LogP contribution in [0.1, 0.15) is 77.0 Å². The second kappa shape index (κ2) is 11.0. The van der Waals surface area contributed by atoms with Crippen molar-refractivity contribution < 1.29 is 17.9 Å². The van der Waals surface area contributed by atoms with Gasteiger partial charge in [-0.3, -0.25) is 4.79 Å². The fourth-order valence-corrected chi connectivity index (χ4v) is 5.32. The van der Waals surface area contributed by atoms with E-state index in [9.17, 15) is 13.2 Å². The van der Waals surface area contributed by atoms with E-state index in [1.807, 2.05) is 0 Å². The summed E-state index contributed by atoms with van der Waals surface area (Å²) in [6.45, 7) is 15.0. The normalized spacial score (nSPS) is 22.2. The highest BCUT2D eigenvalue weighted by Crippen LogP contribution is 2.31. The summed E-state index contributed by atoms with van der Waals surface area (Å²) in [6, 6.07) is 4.56. The summed E-state index contributed by atoms with van der Waals surface area (Å²) in [6.07, 6.45) is 3.50. The van der Waals surface area contributed by atoms with Gasteiger partial charge in [-0.05, 0) is 84.1 Å². The number of hydrogen-bond acceptors (Lipinski definition) is 5. The summed E-state index contributed by atoms with van der Waals surface area (Å²) >= 11 is 0. The maximum atomic E-state index is 12.5. The van der Waals surface area contributed by atoms with Gasteiger partial charge in [0, 0.05) is 25.1 Å². The van der Waals surface area contributed by atoms with Crippen molar-refractivity contribution in [1.82, 2.24) is 0 Å². The van der Waals surface area contributed by atoms with Gasteiger partial charge >= 0.3 is 0 Å². The molecule has 0 N–H and O–H groups in total. The van der Waals surface area contributed by atoms with E-state index >= 15 is 0 Å². The molecule has 0 spiro atoms. The van der Waals surface area contributed by atoms with Gasteiger partial charge in [0.25, 0.3) is 0 Å². The van der Waals surface area contributed by atoms with Crippen LogP contribution in [0.5, 0.6) is 0 Å². The highest BCUT2D eigenvalue weighted by molar-refractivity contribution is 7.91. The number of unbranched alkanes of at least 4 members (excludes halogenated alkanes) is 2. The van der Waals surface area contributed by atoms with Crippen LogP contribution in [0.15, 0.2) is 12.1 Å². The van der Waals surface area contributed by atoms with Crippen molar-refractivity contribution in [1.29, 1.82) is 0 Å². The number of nitrogens with zero attached hydrogens (tertiary/aromatic N) is 1. The molecule has 1 aliphatic rings. The Bertz CT molecular complexity index is 863. The topological polar surface area (TPSA) is 63.7 Å². The van der Waals surface area contributed by atoms with E-state index in [0.717, 1.165) is 24.9 Å². The van der Waals surface area contributed by atoms with Gasteiger partial charge in [0.2, 0.25) is 0 Å². The standard InChI is InChI=1S/C25H41NO4S/c1-17(2)31(28,29)14-10-8-9-11-24(27)15-23-12-13-25(20(5)19(23)4)26-16-18(3)30-22(7)21(26)6/h12-13,17-18,21-22H,8-11,14-16H2,1-7H3/t18-,21?,22+/m0/s1. The van der Waals surface area contributed by atoms with Crippen LogP contribution in [0, 0.1) is 13.8 Å². The fraction of sp³-hybridized carbons (Fsp3) is 0.720. The first kappa shape index (κ1) is 25.9. The lowest BCUT2D eigenvalue weighted by molar-refractivity contribution is -0.118. The Morgan fingerprint density at radius 3 is 2.42 bits per heavy atom. The number of hydrogen-bond donors (Lipinski definition) is 0. The molecule has 0 saturated carbocycles. The van der Waals surface area contributed by atoms with Gasteiger partial charge in [-0.2, -0.15) is 0 Å². The summed E-state index contributed by atoms with van der Waals surface area (Å²) < 4.78 is 29.7. The Labute approximate surface area is 189 Å². The minimum atomic E-state index is -2.98. The minimum absolute atomic E-state index is 0.181. The van der Waals surface area contributed by atoms with Crippen molar-refractivity contribution in [3.63, 3.8) is 0 Å². The van der Waals surface area contributed by atoms with E-state index in [1.54, 1.807) is 13.8 Å². The second-order valence-corrected chi connectivity index (χ2v) is 12.2. The lowest BCUT2D eigenvalue weighted by Gasteiger charge is -2.43. The Morgan fingerprint density at radius 1 is 1.10 bits per heavy atom. The van der Waals surface area contributed by atoms with Crippen LogP contribution < -0.4 is 4.90 Å². The predicted molar refractivity (Wildman–Crippen MR) is 129 cm³/mol. The van der Waals surface area contributed by atoms with E-state index in [0.29, 0.717) is 25.3 Å². The molecule has 31 heavy (non-hydrogen) atoms. The molecule has 1 heterocycles. The summed E-state index contributed by atoms with van der Waals surface area (Å²) in [7, 11) is -2.98. The van der Waals surface area contributed by atoms with Crippen LogP contribution in [-0.2, 0) is 25.8 Å². The van der Waals surface area contributed by atoms with Gasteiger partial charge in [0.05, 0.1) is 29.3 Å². The van der Waals surface area contributed by atoms with Gasteiger partial charge in [-0.25, -0.2) is 8.42 Å². The van der Waals surface area contributed by atoms with E-state index in [1.165, 1.54) is 16.8 Å². The zero-order valence-corrected chi connectivity index (χ0v) is 21.2. The van der Waals surface area contributed by atoms with Crippen molar-refractivity contribution in [3.8, 4) is 0 Å². The zero-order valence-electron chi connectivity index (χ0n) is 20.4. The first-order chi connectivity index (χ1) is 14.4. The Balaban J connectivity index is 1.93. The van der Waals surface area contributed by atoms with E-state index in [2.05, 4.69) is 51.7 Å². The van der Waals surface area contributed by atoms with Gasteiger partial charge in [-0.1, -0.05) is 12.5 Å². The number of ketones is 1. The highest BCUT2D eigenvalue weighted by atomic mass is 32.2. The molecular weight excluding hydrogens is 410 g/mol. The van der Waals surface area contributed by atoms with Crippen LogP contribution in [0.4, 0.5) is 5.69 Å². The lowest BCUT2D eigenvalue weighted by atomic mass is 9.94. The monoisotopic (exact) mass is 451 g/mol. The molecule has 0 aliphatic carbocycles. The third kappa shape index (κ3) is 6.79. The fourth-order valence-electron chi connectivity index (χ4n) is 4.24. The first-order valence-corrected chi connectivity index (χ1v) is 13.4. The van der Waals surface area contributed by atoms with Gasteiger partial charge in [-0.15, -0.1) is 0 Å². The van der Waals surface area contributed by atoms with Crippen molar-refractivity contribution in [3.05, 3.63) is 28.8 Å². The van der Waals surface area contributed by atoms with E-state index < -0.39 is 9.84 Å². The number of benzene rings is 1. The maximum Gasteiger partial charge on any atom is 0.152 e. The van der Waals surface area contributed by atoms with Crippen LogP contribution in [0.25, 0.3) is 0 Å². The van der Waals surface area contributed by atoms with Gasteiger partial charge in [0.1, 0.15) is 5.78 Å². The highest BCUT2D eigenvalue weighted by Gasteiger charge is 2.30. The molecule has 1 aromatic rings. The van der Waals surface area contributed by atoms with Gasteiger partial charge < -0.3 is 9.64 Å². The summed E-state index contributed by atoms with van der Waals surface area (Å²) in [5, 5.41) is -0.324. The summed E-state index contributed by atoms with van der Waals surface area (Å²) in [5.74, 6) is 0.444. The van der Waals surface area contributed by atoms with Crippen LogP contribution in [0.2, 0.25) is 0 Å². The third-order valence-corrected chi connectivity index (χ3v) is 9.04. The lowest BCUT2D eigenvalue weighted by Crippen LogP contribution is -2.52. The molecule has 6 heteroatoms. The number of ether oxygens (including phenoxy) is 1. The van der Waals surface area contributed by atoms with E-state index in [4.69, 9.17) is 4.74 Å². The van der Waals surface area contributed by atoms with Gasteiger partial charge in [0.15, 0.2) is 9.84 Å². The molecule has 5 nitrogen and oxygen atoms in total. The summed E-state index contributed by atoms with van der Waals surface area (Å²) in [5.41, 5.74) is 4.75. The number of Topliss-reactive ketones (excluding diaryl/α,β-unsaturated/α-hetero) is 1. The smallest absolute Gasteiger partial charge is 0.152 e. The molecule has 0 radical (unpaired) electrons. The van der Waals surface area contributed by atoms with Crippen molar-refractivity contribution in [2.45, 2.75) is 104 Å². The zero-order chi connectivity index (χ0) is 23.3. The van der Waals surface area contributed by atoms with Crippen LogP contribution >= 0.6 is 0 Å². The van der Waals surface area contributed by atoms with Crippen LogP contribution in [0.3, 0.4) is 0 Å². The molecule has 0 amide bonds. The second-order valence-electron chi connectivity index (χ2n) is 9.48. The molecule has 1 fully saturated rings.